The lowest BCUT2D eigenvalue weighted by molar-refractivity contribution is 0.401. The quantitative estimate of drug-likeness (QED) is 0.687. The summed E-state index contributed by atoms with van der Waals surface area (Å²) in [4.78, 5) is 3.73. The maximum atomic E-state index is 5.77. The SMILES string of the molecule is COc1cc(C(C)C)ccc1C1NCCc2c1[nH]c1c(C)cc(C)cc21. The second-order valence-corrected chi connectivity index (χ2v) is 7.81. The molecule has 26 heavy (non-hydrogen) atoms. The van der Waals surface area contributed by atoms with Gasteiger partial charge in [-0.3, -0.25) is 0 Å². The van der Waals surface area contributed by atoms with Gasteiger partial charge in [0, 0.05) is 28.7 Å². The lowest BCUT2D eigenvalue weighted by Crippen LogP contribution is -2.30. The molecule has 136 valence electrons. The van der Waals surface area contributed by atoms with E-state index in [4.69, 9.17) is 4.74 Å². The number of benzene rings is 2. The molecule has 0 bridgehead atoms. The van der Waals surface area contributed by atoms with Crippen molar-refractivity contribution in [3.8, 4) is 5.75 Å². The zero-order valence-electron chi connectivity index (χ0n) is 16.4. The average molecular weight is 348 g/mol. The van der Waals surface area contributed by atoms with E-state index in [0.717, 1.165) is 18.7 Å². The zero-order valence-corrected chi connectivity index (χ0v) is 16.4. The largest absolute Gasteiger partial charge is 0.496 e. The summed E-state index contributed by atoms with van der Waals surface area (Å²) in [5.74, 6) is 1.46. The predicted molar refractivity (Wildman–Crippen MR) is 108 cm³/mol. The van der Waals surface area contributed by atoms with Crippen LogP contribution in [-0.4, -0.2) is 18.6 Å². The number of aryl methyl sites for hydroxylation is 2. The lowest BCUT2D eigenvalue weighted by atomic mass is 9.91. The number of ether oxygens (including phenoxy) is 1. The molecule has 1 aromatic heterocycles. The number of methoxy groups -OCH3 is 1. The Morgan fingerprint density at radius 3 is 2.65 bits per heavy atom. The molecule has 2 heterocycles. The smallest absolute Gasteiger partial charge is 0.124 e. The van der Waals surface area contributed by atoms with Gasteiger partial charge < -0.3 is 15.0 Å². The molecule has 2 N–H and O–H groups in total. The highest BCUT2D eigenvalue weighted by Crippen LogP contribution is 2.38. The van der Waals surface area contributed by atoms with Crippen molar-refractivity contribution in [3.63, 3.8) is 0 Å². The molecule has 1 aliphatic rings. The molecule has 3 heteroatoms. The summed E-state index contributed by atoms with van der Waals surface area (Å²) in [5, 5.41) is 5.08. The molecule has 0 fully saturated rings. The van der Waals surface area contributed by atoms with Crippen LogP contribution in [0, 0.1) is 13.8 Å². The molecule has 2 aromatic carbocycles. The van der Waals surface area contributed by atoms with Crippen molar-refractivity contribution in [3.05, 3.63) is 63.8 Å². The minimum absolute atomic E-state index is 0.141. The van der Waals surface area contributed by atoms with Crippen LogP contribution in [0.3, 0.4) is 0 Å². The Morgan fingerprint density at radius 1 is 1.12 bits per heavy atom. The molecule has 0 saturated carbocycles. The Labute approximate surface area is 155 Å². The maximum absolute atomic E-state index is 5.77. The standard InChI is InChI=1S/C23H28N2O/c1-13(2)16-6-7-18(20(12-16)26-5)22-23-17(8-9-24-22)19-11-14(3)10-15(4)21(19)25-23/h6-7,10-13,22,24-25H,8-9H2,1-5H3. The van der Waals surface area contributed by atoms with Crippen LogP contribution in [0.25, 0.3) is 10.9 Å². The Hall–Kier alpha value is -2.26. The van der Waals surface area contributed by atoms with Gasteiger partial charge in [0.15, 0.2) is 0 Å². The summed E-state index contributed by atoms with van der Waals surface area (Å²) in [6, 6.07) is 11.4. The van der Waals surface area contributed by atoms with Gasteiger partial charge in [0.2, 0.25) is 0 Å². The molecule has 3 aromatic rings. The van der Waals surface area contributed by atoms with Crippen LogP contribution in [0.1, 0.15) is 59.3 Å². The van der Waals surface area contributed by atoms with E-state index in [1.54, 1.807) is 7.11 Å². The summed E-state index contributed by atoms with van der Waals surface area (Å²) < 4.78 is 5.77. The van der Waals surface area contributed by atoms with E-state index >= 15 is 0 Å². The molecule has 0 amide bonds. The first-order valence-electron chi connectivity index (χ1n) is 9.52. The third kappa shape index (κ3) is 2.71. The van der Waals surface area contributed by atoms with Crippen molar-refractivity contribution in [1.29, 1.82) is 0 Å². The van der Waals surface area contributed by atoms with Crippen molar-refractivity contribution in [2.75, 3.05) is 13.7 Å². The first kappa shape index (κ1) is 17.2. The molecule has 3 nitrogen and oxygen atoms in total. The second kappa shape index (κ2) is 6.48. The van der Waals surface area contributed by atoms with E-state index in [9.17, 15) is 0 Å². The monoisotopic (exact) mass is 348 g/mol. The third-order valence-electron chi connectivity index (χ3n) is 5.64. The lowest BCUT2D eigenvalue weighted by Gasteiger charge is -2.26. The number of rotatable bonds is 3. The fraction of sp³-hybridized carbons (Fsp3) is 0.391. The van der Waals surface area contributed by atoms with Crippen LogP contribution >= 0.6 is 0 Å². The van der Waals surface area contributed by atoms with E-state index < -0.39 is 0 Å². The maximum Gasteiger partial charge on any atom is 0.124 e. The number of aromatic nitrogens is 1. The van der Waals surface area contributed by atoms with Gasteiger partial charge in [0.1, 0.15) is 5.75 Å². The van der Waals surface area contributed by atoms with Gasteiger partial charge in [-0.1, -0.05) is 37.6 Å². The Kier molecular flexibility index (Phi) is 4.28. The Bertz CT molecular complexity index is 968. The number of hydrogen-bond donors (Lipinski definition) is 2. The van der Waals surface area contributed by atoms with Crippen molar-refractivity contribution < 1.29 is 4.74 Å². The van der Waals surface area contributed by atoms with Gasteiger partial charge in [-0.15, -0.1) is 0 Å². The van der Waals surface area contributed by atoms with Crippen LogP contribution in [0.4, 0.5) is 0 Å². The Balaban J connectivity index is 1.88. The molecular formula is C23H28N2O. The molecule has 4 rings (SSSR count). The number of nitrogens with one attached hydrogen (secondary N) is 2. The van der Waals surface area contributed by atoms with Crippen molar-refractivity contribution >= 4 is 10.9 Å². The van der Waals surface area contributed by atoms with Crippen LogP contribution in [0.5, 0.6) is 5.75 Å². The first-order chi connectivity index (χ1) is 12.5. The van der Waals surface area contributed by atoms with Crippen molar-refractivity contribution in [1.82, 2.24) is 10.3 Å². The molecule has 1 aliphatic heterocycles. The number of aromatic amines is 1. The van der Waals surface area contributed by atoms with E-state index in [1.807, 2.05) is 0 Å². The molecule has 0 aliphatic carbocycles. The topological polar surface area (TPSA) is 37.0 Å². The third-order valence-corrected chi connectivity index (χ3v) is 5.64. The van der Waals surface area contributed by atoms with E-state index in [-0.39, 0.29) is 6.04 Å². The van der Waals surface area contributed by atoms with Gasteiger partial charge in [-0.05, 0) is 55.0 Å². The minimum atomic E-state index is 0.141. The fourth-order valence-electron chi connectivity index (χ4n) is 4.28. The highest BCUT2D eigenvalue weighted by molar-refractivity contribution is 5.88. The van der Waals surface area contributed by atoms with Crippen LogP contribution in [0.2, 0.25) is 0 Å². The average Bonchev–Trinajstić information content (AvgIpc) is 3.00. The van der Waals surface area contributed by atoms with Crippen LogP contribution in [-0.2, 0) is 6.42 Å². The summed E-state index contributed by atoms with van der Waals surface area (Å²) in [6.45, 7) is 9.78. The molecule has 1 atom stereocenters. The summed E-state index contributed by atoms with van der Waals surface area (Å²) in [6.07, 6.45) is 1.06. The van der Waals surface area contributed by atoms with Gasteiger partial charge in [-0.25, -0.2) is 0 Å². The highest BCUT2D eigenvalue weighted by Gasteiger charge is 2.28. The van der Waals surface area contributed by atoms with Gasteiger partial charge >= 0.3 is 0 Å². The van der Waals surface area contributed by atoms with E-state index in [0.29, 0.717) is 5.92 Å². The summed E-state index contributed by atoms with van der Waals surface area (Å²) in [7, 11) is 1.77. The molecule has 0 spiro atoms. The predicted octanol–water partition coefficient (Wildman–Crippen LogP) is 5.15. The number of H-pyrrole nitrogens is 1. The van der Waals surface area contributed by atoms with Gasteiger partial charge in [0.25, 0.3) is 0 Å². The van der Waals surface area contributed by atoms with Crippen LogP contribution in [0.15, 0.2) is 30.3 Å². The summed E-state index contributed by atoms with van der Waals surface area (Å²) >= 11 is 0. The highest BCUT2D eigenvalue weighted by atomic mass is 16.5. The van der Waals surface area contributed by atoms with Gasteiger partial charge in [-0.2, -0.15) is 0 Å². The number of hydrogen-bond acceptors (Lipinski definition) is 2. The molecular weight excluding hydrogens is 320 g/mol. The molecule has 0 saturated heterocycles. The second-order valence-electron chi connectivity index (χ2n) is 7.81. The first-order valence-corrected chi connectivity index (χ1v) is 9.52. The summed E-state index contributed by atoms with van der Waals surface area (Å²) in [5.41, 5.74) is 9.16. The fourth-order valence-corrected chi connectivity index (χ4v) is 4.28. The van der Waals surface area contributed by atoms with Crippen LogP contribution < -0.4 is 10.1 Å². The zero-order chi connectivity index (χ0) is 18.4. The van der Waals surface area contributed by atoms with E-state index in [2.05, 4.69) is 68.3 Å². The van der Waals surface area contributed by atoms with Crippen molar-refractivity contribution in [2.45, 2.75) is 46.1 Å². The Morgan fingerprint density at radius 2 is 1.92 bits per heavy atom. The van der Waals surface area contributed by atoms with E-state index in [1.165, 1.54) is 44.4 Å². The molecule has 0 radical (unpaired) electrons. The minimum Gasteiger partial charge on any atom is -0.496 e. The normalized spacial score (nSPS) is 16.9. The van der Waals surface area contributed by atoms with Crippen molar-refractivity contribution in [2.24, 2.45) is 0 Å². The van der Waals surface area contributed by atoms with Gasteiger partial charge in [0.05, 0.1) is 13.2 Å². The number of fused-ring (bicyclic) bond motifs is 3. The molecule has 1 unspecified atom stereocenters.